The number of esters is 1. The number of hydrogen-bond acceptors (Lipinski definition) is 3. The van der Waals surface area contributed by atoms with Gasteiger partial charge in [0.2, 0.25) is 5.78 Å². The summed E-state index contributed by atoms with van der Waals surface area (Å²) in [4.78, 5) is 27.5. The van der Waals surface area contributed by atoms with Gasteiger partial charge in [-0.3, -0.25) is 9.59 Å². The number of carbonyl (C=O) groups excluding carboxylic acids is 2. The van der Waals surface area contributed by atoms with Crippen molar-refractivity contribution in [2.75, 3.05) is 0 Å². The van der Waals surface area contributed by atoms with Crippen LogP contribution >= 0.6 is 0 Å². The number of Topliss-reactive ketones (excluding diaryl/α,β-unsaturated/α-hetero) is 1. The van der Waals surface area contributed by atoms with E-state index < -0.39 is 17.9 Å². The number of ketones is 1. The van der Waals surface area contributed by atoms with Crippen molar-refractivity contribution >= 4 is 22.7 Å². The van der Waals surface area contributed by atoms with Crippen molar-refractivity contribution in [2.24, 2.45) is 0 Å². The highest BCUT2D eigenvalue weighted by Crippen LogP contribution is 2.20. The molecular formula is C19H16FNO3. The van der Waals surface area contributed by atoms with E-state index in [-0.39, 0.29) is 12.2 Å². The lowest BCUT2D eigenvalue weighted by Crippen LogP contribution is -2.25. The van der Waals surface area contributed by atoms with E-state index in [9.17, 15) is 14.0 Å². The highest BCUT2D eigenvalue weighted by molar-refractivity contribution is 6.10. The van der Waals surface area contributed by atoms with Crippen molar-refractivity contribution in [3.05, 3.63) is 71.7 Å². The largest absolute Gasteiger partial charge is 0.454 e. The highest BCUT2D eigenvalue weighted by atomic mass is 19.1. The first-order valence-corrected chi connectivity index (χ1v) is 7.59. The van der Waals surface area contributed by atoms with Crippen LogP contribution in [0.1, 0.15) is 22.8 Å². The highest BCUT2D eigenvalue weighted by Gasteiger charge is 2.22. The molecule has 0 bridgehead atoms. The Balaban J connectivity index is 1.69. The quantitative estimate of drug-likeness (QED) is 0.575. The minimum Gasteiger partial charge on any atom is -0.454 e. The van der Waals surface area contributed by atoms with E-state index in [0.29, 0.717) is 11.1 Å². The van der Waals surface area contributed by atoms with Crippen LogP contribution in [-0.2, 0) is 16.0 Å². The number of aromatic amines is 1. The zero-order chi connectivity index (χ0) is 17.1. The van der Waals surface area contributed by atoms with Crippen LogP contribution in [-0.4, -0.2) is 22.8 Å². The molecule has 0 unspecified atom stereocenters. The molecule has 0 aliphatic rings. The molecule has 0 saturated heterocycles. The predicted octanol–water partition coefficient (Wildman–Crippen LogP) is 3.66. The standard InChI is InChI=1S/C19H16FNO3/c1-12(24-18(22)10-13-5-4-6-14(20)9-13)19(23)16-11-21-17-8-3-2-7-15(16)17/h2-9,11-12,21H,10H2,1H3/t12-/m0/s1. The molecule has 0 spiro atoms. The Hall–Kier alpha value is -2.95. The molecule has 3 aromatic rings. The number of nitrogens with one attached hydrogen (secondary N) is 1. The summed E-state index contributed by atoms with van der Waals surface area (Å²) < 4.78 is 18.3. The number of fused-ring (bicyclic) bond motifs is 1. The smallest absolute Gasteiger partial charge is 0.310 e. The third-order valence-electron chi connectivity index (χ3n) is 3.77. The maximum absolute atomic E-state index is 13.1. The Morgan fingerprint density at radius 2 is 1.96 bits per heavy atom. The zero-order valence-electron chi connectivity index (χ0n) is 13.1. The molecule has 5 heteroatoms. The van der Waals surface area contributed by atoms with Crippen LogP contribution in [0.3, 0.4) is 0 Å². The molecule has 122 valence electrons. The number of rotatable bonds is 5. The fourth-order valence-corrected chi connectivity index (χ4v) is 2.60. The average molecular weight is 325 g/mol. The van der Waals surface area contributed by atoms with Gasteiger partial charge in [-0.1, -0.05) is 30.3 Å². The number of aromatic nitrogens is 1. The van der Waals surface area contributed by atoms with Crippen molar-refractivity contribution < 1.29 is 18.7 Å². The van der Waals surface area contributed by atoms with Gasteiger partial charge in [0.1, 0.15) is 5.82 Å². The van der Waals surface area contributed by atoms with Gasteiger partial charge >= 0.3 is 5.97 Å². The Morgan fingerprint density at radius 3 is 2.75 bits per heavy atom. The molecule has 1 atom stereocenters. The van der Waals surface area contributed by atoms with Gasteiger partial charge in [-0.15, -0.1) is 0 Å². The SMILES string of the molecule is C[C@H](OC(=O)Cc1cccc(F)c1)C(=O)c1c[nH]c2ccccc12. The van der Waals surface area contributed by atoms with E-state index in [0.717, 1.165) is 10.9 Å². The van der Waals surface area contributed by atoms with Gasteiger partial charge in [0, 0.05) is 22.7 Å². The van der Waals surface area contributed by atoms with Crippen molar-refractivity contribution in [3.8, 4) is 0 Å². The molecule has 4 nitrogen and oxygen atoms in total. The second kappa shape index (κ2) is 6.66. The lowest BCUT2D eigenvalue weighted by atomic mass is 10.1. The summed E-state index contributed by atoms with van der Waals surface area (Å²) in [6.45, 7) is 1.54. The summed E-state index contributed by atoms with van der Waals surface area (Å²) in [6.07, 6.45) is 0.623. The third-order valence-corrected chi connectivity index (χ3v) is 3.77. The van der Waals surface area contributed by atoms with E-state index in [1.54, 1.807) is 12.3 Å². The molecule has 1 N–H and O–H groups in total. The fourth-order valence-electron chi connectivity index (χ4n) is 2.60. The summed E-state index contributed by atoms with van der Waals surface area (Å²) in [5.41, 5.74) is 1.84. The van der Waals surface area contributed by atoms with Crippen molar-refractivity contribution in [1.29, 1.82) is 0 Å². The summed E-state index contributed by atoms with van der Waals surface area (Å²) in [5, 5.41) is 0.788. The Kier molecular flexibility index (Phi) is 4.42. The van der Waals surface area contributed by atoms with E-state index in [2.05, 4.69) is 4.98 Å². The van der Waals surface area contributed by atoms with Gasteiger partial charge in [0.25, 0.3) is 0 Å². The number of carbonyl (C=O) groups is 2. The van der Waals surface area contributed by atoms with Gasteiger partial charge in [0.15, 0.2) is 6.10 Å². The summed E-state index contributed by atoms with van der Waals surface area (Å²) >= 11 is 0. The Bertz CT molecular complexity index is 900. The molecular weight excluding hydrogens is 309 g/mol. The first-order valence-electron chi connectivity index (χ1n) is 7.59. The molecule has 0 saturated carbocycles. The molecule has 3 rings (SSSR count). The molecule has 2 aromatic carbocycles. The van der Waals surface area contributed by atoms with Crippen LogP contribution in [0.5, 0.6) is 0 Å². The maximum Gasteiger partial charge on any atom is 0.310 e. The van der Waals surface area contributed by atoms with Crippen LogP contribution in [0.25, 0.3) is 10.9 Å². The zero-order valence-corrected chi connectivity index (χ0v) is 13.1. The lowest BCUT2D eigenvalue weighted by molar-refractivity contribution is -0.145. The van der Waals surface area contributed by atoms with Crippen molar-refractivity contribution in [2.45, 2.75) is 19.4 Å². The topological polar surface area (TPSA) is 59.2 Å². The van der Waals surface area contributed by atoms with Crippen molar-refractivity contribution in [3.63, 3.8) is 0 Å². The van der Waals surface area contributed by atoms with Crippen LogP contribution < -0.4 is 0 Å². The molecule has 24 heavy (non-hydrogen) atoms. The number of H-pyrrole nitrogens is 1. The average Bonchev–Trinajstić information content (AvgIpc) is 2.98. The van der Waals surface area contributed by atoms with Gasteiger partial charge in [-0.25, -0.2) is 4.39 Å². The minimum atomic E-state index is -0.912. The third kappa shape index (κ3) is 3.35. The number of para-hydroxylation sites is 1. The van der Waals surface area contributed by atoms with Crippen LogP contribution in [0, 0.1) is 5.82 Å². The van der Waals surface area contributed by atoms with E-state index >= 15 is 0 Å². The van der Waals surface area contributed by atoms with Crippen LogP contribution in [0.4, 0.5) is 4.39 Å². The van der Waals surface area contributed by atoms with Gasteiger partial charge < -0.3 is 9.72 Å². The van der Waals surface area contributed by atoms with E-state index in [4.69, 9.17) is 4.74 Å². The Labute approximate surface area is 138 Å². The number of halogens is 1. The molecule has 0 radical (unpaired) electrons. The monoisotopic (exact) mass is 325 g/mol. The van der Waals surface area contributed by atoms with E-state index in [1.165, 1.54) is 25.1 Å². The van der Waals surface area contributed by atoms with Crippen molar-refractivity contribution in [1.82, 2.24) is 4.98 Å². The van der Waals surface area contributed by atoms with Gasteiger partial charge in [-0.2, -0.15) is 0 Å². The second-order valence-corrected chi connectivity index (χ2v) is 5.55. The van der Waals surface area contributed by atoms with Crippen LogP contribution in [0.2, 0.25) is 0 Å². The fraction of sp³-hybridized carbons (Fsp3) is 0.158. The normalized spacial score (nSPS) is 12.1. The number of ether oxygens (including phenoxy) is 1. The van der Waals surface area contributed by atoms with Gasteiger partial charge in [-0.05, 0) is 30.7 Å². The van der Waals surface area contributed by atoms with Crippen LogP contribution in [0.15, 0.2) is 54.7 Å². The molecule has 0 aliphatic carbocycles. The first kappa shape index (κ1) is 15.9. The molecule has 0 amide bonds. The summed E-state index contributed by atoms with van der Waals surface area (Å²) in [6, 6.07) is 13.1. The summed E-state index contributed by atoms with van der Waals surface area (Å²) in [5.74, 6) is -1.26. The predicted molar refractivity (Wildman–Crippen MR) is 88.3 cm³/mol. The minimum absolute atomic E-state index is 0.0801. The molecule has 1 aromatic heterocycles. The van der Waals surface area contributed by atoms with Gasteiger partial charge in [0.05, 0.1) is 6.42 Å². The lowest BCUT2D eigenvalue weighted by Gasteiger charge is -2.12. The maximum atomic E-state index is 13.1. The summed E-state index contributed by atoms with van der Waals surface area (Å²) in [7, 11) is 0. The second-order valence-electron chi connectivity index (χ2n) is 5.55. The molecule has 0 fully saturated rings. The number of benzene rings is 2. The molecule has 1 heterocycles. The first-order chi connectivity index (χ1) is 11.5. The number of hydrogen-bond donors (Lipinski definition) is 1. The Morgan fingerprint density at radius 1 is 1.17 bits per heavy atom. The molecule has 0 aliphatic heterocycles. The van der Waals surface area contributed by atoms with E-state index in [1.807, 2.05) is 24.3 Å².